The van der Waals surface area contributed by atoms with E-state index in [4.69, 9.17) is 4.98 Å². The number of nitrogens with one attached hydrogen (secondary N) is 1. The summed E-state index contributed by atoms with van der Waals surface area (Å²) in [5.41, 5.74) is 4.91. The van der Waals surface area contributed by atoms with Crippen molar-refractivity contribution in [3.63, 3.8) is 0 Å². The molecule has 0 saturated heterocycles. The Bertz CT molecular complexity index is 1160. The first kappa shape index (κ1) is 21.0. The fourth-order valence-corrected chi connectivity index (χ4v) is 4.63. The van der Waals surface area contributed by atoms with E-state index in [1.165, 1.54) is 16.0 Å². The Morgan fingerprint density at radius 3 is 2.35 bits per heavy atom. The Morgan fingerprint density at radius 2 is 1.68 bits per heavy atom. The van der Waals surface area contributed by atoms with Gasteiger partial charge in [0.2, 0.25) is 0 Å². The highest BCUT2D eigenvalue weighted by molar-refractivity contribution is 7.16. The molecule has 0 spiro atoms. The van der Waals surface area contributed by atoms with Crippen LogP contribution in [0.3, 0.4) is 0 Å². The van der Waals surface area contributed by atoms with Gasteiger partial charge in [-0.05, 0) is 37.5 Å². The summed E-state index contributed by atoms with van der Waals surface area (Å²) in [4.78, 5) is 18.8. The topological polar surface area (TPSA) is 59.8 Å². The molecular formula is C25H26N4OS. The Morgan fingerprint density at radius 1 is 1.00 bits per heavy atom. The summed E-state index contributed by atoms with van der Waals surface area (Å²) in [6.07, 6.45) is 3.59. The monoisotopic (exact) mass is 430 g/mol. The third kappa shape index (κ3) is 4.59. The smallest absolute Gasteiger partial charge is 0.275 e. The molecule has 1 N–H and O–H groups in total. The molecule has 0 aliphatic rings. The Kier molecular flexibility index (Phi) is 6.28. The summed E-state index contributed by atoms with van der Waals surface area (Å²) in [6, 6.07) is 20.6. The molecule has 31 heavy (non-hydrogen) atoms. The number of nitrogens with zero attached hydrogens (tertiary/aromatic N) is 3. The maximum absolute atomic E-state index is 12.8. The van der Waals surface area contributed by atoms with E-state index in [-0.39, 0.29) is 11.9 Å². The van der Waals surface area contributed by atoms with Crippen LogP contribution in [0.15, 0.2) is 66.9 Å². The van der Waals surface area contributed by atoms with Crippen molar-refractivity contribution >= 4 is 22.4 Å². The third-order valence-corrected chi connectivity index (χ3v) is 6.08. The second-order valence-electron chi connectivity index (χ2n) is 7.69. The molecule has 1 amide bonds. The summed E-state index contributed by atoms with van der Waals surface area (Å²) in [5, 5.41) is 7.84. The minimum Gasteiger partial charge on any atom is -0.296 e. The van der Waals surface area contributed by atoms with Gasteiger partial charge in [-0.25, -0.2) is 4.98 Å². The van der Waals surface area contributed by atoms with Crippen molar-refractivity contribution < 1.29 is 4.79 Å². The van der Waals surface area contributed by atoms with Gasteiger partial charge in [0, 0.05) is 22.7 Å². The lowest BCUT2D eigenvalue weighted by atomic mass is 10.0. The normalized spacial score (nSPS) is 11.1. The molecular weight excluding hydrogens is 404 g/mol. The van der Waals surface area contributed by atoms with Gasteiger partial charge in [0.15, 0.2) is 5.13 Å². The Hall–Kier alpha value is -3.25. The van der Waals surface area contributed by atoms with E-state index in [1.807, 2.05) is 32.0 Å². The molecule has 158 valence electrons. The first-order valence-electron chi connectivity index (χ1n) is 10.6. The highest BCUT2D eigenvalue weighted by Gasteiger charge is 2.18. The van der Waals surface area contributed by atoms with Crippen molar-refractivity contribution in [1.29, 1.82) is 0 Å². The van der Waals surface area contributed by atoms with E-state index in [9.17, 15) is 4.79 Å². The van der Waals surface area contributed by atoms with Crippen molar-refractivity contribution in [3.05, 3.63) is 77.4 Å². The van der Waals surface area contributed by atoms with Crippen LogP contribution >= 0.6 is 11.3 Å². The molecule has 0 radical (unpaired) electrons. The zero-order valence-corrected chi connectivity index (χ0v) is 18.8. The predicted molar refractivity (Wildman–Crippen MR) is 128 cm³/mol. The molecule has 0 bridgehead atoms. The number of aromatic nitrogens is 3. The van der Waals surface area contributed by atoms with Crippen molar-refractivity contribution in [2.45, 2.75) is 39.7 Å². The van der Waals surface area contributed by atoms with Gasteiger partial charge in [-0.1, -0.05) is 67.9 Å². The fourth-order valence-electron chi connectivity index (χ4n) is 3.55. The maximum atomic E-state index is 12.8. The first-order chi connectivity index (χ1) is 15.1. The van der Waals surface area contributed by atoms with E-state index in [0.717, 1.165) is 24.1 Å². The van der Waals surface area contributed by atoms with Crippen LogP contribution in [-0.4, -0.2) is 20.7 Å². The SMILES string of the molecule is CCCc1sc(NC(=O)c2ccnn2C(C)C)nc1-c1ccc(-c2ccccc2)cc1. The van der Waals surface area contributed by atoms with Gasteiger partial charge in [0.1, 0.15) is 5.69 Å². The van der Waals surface area contributed by atoms with E-state index >= 15 is 0 Å². The molecule has 2 aromatic carbocycles. The molecule has 4 aromatic rings. The zero-order valence-electron chi connectivity index (χ0n) is 18.0. The second-order valence-corrected chi connectivity index (χ2v) is 8.78. The molecule has 0 aliphatic heterocycles. The quantitative estimate of drug-likeness (QED) is 0.366. The lowest BCUT2D eigenvalue weighted by Gasteiger charge is -2.09. The number of carbonyl (C=O) groups is 1. The average Bonchev–Trinajstić information content (AvgIpc) is 3.42. The van der Waals surface area contributed by atoms with Gasteiger partial charge >= 0.3 is 0 Å². The number of hydrogen-bond donors (Lipinski definition) is 1. The van der Waals surface area contributed by atoms with E-state index < -0.39 is 0 Å². The second kappa shape index (κ2) is 9.27. The van der Waals surface area contributed by atoms with Crippen LogP contribution in [-0.2, 0) is 6.42 Å². The third-order valence-electron chi connectivity index (χ3n) is 5.05. The van der Waals surface area contributed by atoms with Crippen molar-refractivity contribution in [2.24, 2.45) is 0 Å². The molecule has 4 rings (SSSR count). The first-order valence-corrected chi connectivity index (χ1v) is 11.4. The zero-order chi connectivity index (χ0) is 21.8. The summed E-state index contributed by atoms with van der Waals surface area (Å²) >= 11 is 1.55. The van der Waals surface area contributed by atoms with Crippen LogP contribution in [0.25, 0.3) is 22.4 Å². The molecule has 0 saturated carbocycles. The molecule has 0 unspecified atom stereocenters. The number of carbonyl (C=O) groups excluding carboxylic acids is 1. The minimum absolute atomic E-state index is 0.112. The van der Waals surface area contributed by atoms with Crippen LogP contribution in [0, 0.1) is 0 Å². The van der Waals surface area contributed by atoms with Crippen molar-refractivity contribution in [1.82, 2.24) is 14.8 Å². The Labute approximate surface area is 186 Å². The number of rotatable bonds is 7. The van der Waals surface area contributed by atoms with Crippen LogP contribution in [0.1, 0.15) is 48.6 Å². The summed E-state index contributed by atoms with van der Waals surface area (Å²) in [6.45, 7) is 6.16. The lowest BCUT2D eigenvalue weighted by Crippen LogP contribution is -2.18. The highest BCUT2D eigenvalue weighted by atomic mass is 32.1. The van der Waals surface area contributed by atoms with Gasteiger partial charge in [0.05, 0.1) is 5.69 Å². The number of aryl methyl sites for hydroxylation is 1. The van der Waals surface area contributed by atoms with Crippen molar-refractivity contribution in [2.75, 3.05) is 5.32 Å². The molecule has 0 fully saturated rings. The summed E-state index contributed by atoms with van der Waals surface area (Å²) < 4.78 is 1.72. The number of amides is 1. The van der Waals surface area contributed by atoms with Gasteiger partial charge in [-0.15, -0.1) is 11.3 Å². The lowest BCUT2D eigenvalue weighted by molar-refractivity contribution is 0.101. The largest absolute Gasteiger partial charge is 0.296 e. The van der Waals surface area contributed by atoms with Crippen LogP contribution < -0.4 is 5.32 Å². The molecule has 6 heteroatoms. The number of benzene rings is 2. The van der Waals surface area contributed by atoms with Crippen molar-refractivity contribution in [3.8, 4) is 22.4 Å². The molecule has 2 heterocycles. The predicted octanol–water partition coefficient (Wildman–Crippen LogP) is 6.46. The standard InChI is InChI=1S/C25H26N4OS/c1-4-8-22-23(20-13-11-19(12-14-20)18-9-6-5-7-10-18)27-25(31-22)28-24(30)21-15-16-26-29(21)17(2)3/h5-7,9-17H,4,8H2,1-3H3,(H,27,28,30). The minimum atomic E-state index is -0.186. The summed E-state index contributed by atoms with van der Waals surface area (Å²) in [5.74, 6) is -0.186. The van der Waals surface area contributed by atoms with Gasteiger partial charge in [-0.3, -0.25) is 14.8 Å². The van der Waals surface area contributed by atoms with Crippen LogP contribution in [0.5, 0.6) is 0 Å². The Balaban J connectivity index is 1.60. The number of thiazole rings is 1. The van der Waals surface area contributed by atoms with Gasteiger partial charge in [-0.2, -0.15) is 5.10 Å². The van der Waals surface area contributed by atoms with E-state index in [0.29, 0.717) is 10.8 Å². The average molecular weight is 431 g/mol. The highest BCUT2D eigenvalue weighted by Crippen LogP contribution is 2.33. The maximum Gasteiger partial charge on any atom is 0.275 e. The molecule has 5 nitrogen and oxygen atoms in total. The fraction of sp³-hybridized carbons (Fsp3) is 0.240. The molecule has 2 aromatic heterocycles. The summed E-state index contributed by atoms with van der Waals surface area (Å²) in [7, 11) is 0. The van der Waals surface area contributed by atoms with Crippen LogP contribution in [0.4, 0.5) is 5.13 Å². The number of anilines is 1. The van der Waals surface area contributed by atoms with Gasteiger partial charge < -0.3 is 0 Å². The van der Waals surface area contributed by atoms with E-state index in [1.54, 1.807) is 28.3 Å². The van der Waals surface area contributed by atoms with Crippen LogP contribution in [0.2, 0.25) is 0 Å². The molecule has 0 aliphatic carbocycles. The number of hydrogen-bond acceptors (Lipinski definition) is 4. The van der Waals surface area contributed by atoms with Gasteiger partial charge in [0.25, 0.3) is 5.91 Å². The van der Waals surface area contributed by atoms with E-state index in [2.05, 4.69) is 53.7 Å². The molecule has 0 atom stereocenters.